The lowest BCUT2D eigenvalue weighted by molar-refractivity contribution is -0.0511. The smallest absolute Gasteiger partial charge is 0.301 e. The van der Waals surface area contributed by atoms with Gasteiger partial charge < -0.3 is 35.5 Å². The zero-order valence-corrected chi connectivity index (χ0v) is 13.8. The summed E-state index contributed by atoms with van der Waals surface area (Å²) in [6.07, 6.45) is -3.28. The van der Waals surface area contributed by atoms with Crippen molar-refractivity contribution in [1.29, 1.82) is 0 Å². The van der Waals surface area contributed by atoms with Crippen LogP contribution in [0.15, 0.2) is 11.1 Å². The second-order valence-electron chi connectivity index (χ2n) is 6.21. The number of nitrogens with two attached hydrogens (primary N) is 1. The molecule has 0 amide bonds. The summed E-state index contributed by atoms with van der Waals surface area (Å²) < 4.78 is 13.3. The van der Waals surface area contributed by atoms with E-state index in [9.17, 15) is 20.1 Å². The van der Waals surface area contributed by atoms with Gasteiger partial charge in [0.1, 0.15) is 18.3 Å². The standard InChI is InChI=1S/C14H20N6O6/c15-14-17-11-8(12(24)20(14)18-1-3-25-4-2-18)16-6-19(11)13-10(23)9(22)7(5-21)26-13/h6-7,9-10,13,21-23H,1-5H2,(H2,15,17)/t7-,9-,10-,13-/m1/s1. The molecule has 2 aromatic heterocycles. The van der Waals surface area contributed by atoms with Crippen molar-refractivity contribution in [2.75, 3.05) is 43.7 Å². The van der Waals surface area contributed by atoms with E-state index >= 15 is 0 Å². The molecule has 2 aromatic rings. The first kappa shape index (κ1) is 17.2. The van der Waals surface area contributed by atoms with Gasteiger partial charge in [-0.1, -0.05) is 0 Å². The number of rotatable bonds is 3. The quantitative estimate of drug-likeness (QED) is 0.433. The first-order valence-corrected chi connectivity index (χ1v) is 8.23. The van der Waals surface area contributed by atoms with Gasteiger partial charge in [-0.05, 0) is 0 Å². The fraction of sp³-hybridized carbons (Fsp3) is 0.643. The van der Waals surface area contributed by atoms with Gasteiger partial charge in [-0.2, -0.15) is 9.66 Å². The third-order valence-corrected chi connectivity index (χ3v) is 4.66. The number of morpholine rings is 1. The summed E-state index contributed by atoms with van der Waals surface area (Å²) >= 11 is 0. The lowest BCUT2D eigenvalue weighted by Gasteiger charge is -2.30. The van der Waals surface area contributed by atoms with E-state index in [0.29, 0.717) is 26.3 Å². The average Bonchev–Trinajstić information content (AvgIpc) is 3.18. The van der Waals surface area contributed by atoms with Crippen LogP contribution in [-0.2, 0) is 9.47 Å². The number of aromatic nitrogens is 4. The molecule has 2 fully saturated rings. The largest absolute Gasteiger partial charge is 0.394 e. The van der Waals surface area contributed by atoms with E-state index in [2.05, 4.69) is 9.97 Å². The molecular formula is C14H20N6O6. The van der Waals surface area contributed by atoms with Crippen molar-refractivity contribution < 1.29 is 24.8 Å². The van der Waals surface area contributed by atoms with E-state index in [-0.39, 0.29) is 17.1 Å². The van der Waals surface area contributed by atoms with Crippen LogP contribution in [0.4, 0.5) is 5.95 Å². The van der Waals surface area contributed by atoms with Crippen LogP contribution in [0, 0.1) is 0 Å². The minimum atomic E-state index is -1.31. The van der Waals surface area contributed by atoms with Gasteiger partial charge in [0.25, 0.3) is 0 Å². The Morgan fingerprint density at radius 1 is 1.27 bits per heavy atom. The molecular weight excluding hydrogens is 348 g/mol. The summed E-state index contributed by atoms with van der Waals surface area (Å²) in [5.74, 6) is -0.0297. The van der Waals surface area contributed by atoms with Crippen molar-refractivity contribution in [3.05, 3.63) is 16.7 Å². The second-order valence-corrected chi connectivity index (χ2v) is 6.21. The molecule has 12 heteroatoms. The predicted octanol–water partition coefficient (Wildman–Crippen LogP) is -3.25. The third-order valence-electron chi connectivity index (χ3n) is 4.66. The van der Waals surface area contributed by atoms with Crippen LogP contribution >= 0.6 is 0 Å². The minimum absolute atomic E-state index is 0.0297. The summed E-state index contributed by atoms with van der Waals surface area (Å²) in [5, 5.41) is 31.1. The van der Waals surface area contributed by atoms with Crippen LogP contribution < -0.4 is 16.3 Å². The molecule has 0 saturated carbocycles. The summed E-state index contributed by atoms with van der Waals surface area (Å²) in [5.41, 5.74) is 5.74. The highest BCUT2D eigenvalue weighted by Crippen LogP contribution is 2.30. The Hall–Kier alpha value is -2.25. The predicted molar refractivity (Wildman–Crippen MR) is 88.0 cm³/mol. The molecule has 12 nitrogen and oxygen atoms in total. The van der Waals surface area contributed by atoms with Gasteiger partial charge >= 0.3 is 5.56 Å². The summed E-state index contributed by atoms with van der Waals surface area (Å²) in [6.45, 7) is 1.47. The van der Waals surface area contributed by atoms with Gasteiger partial charge in [0.2, 0.25) is 5.95 Å². The Labute approximate surface area is 147 Å². The van der Waals surface area contributed by atoms with E-state index < -0.39 is 36.7 Å². The van der Waals surface area contributed by atoms with E-state index in [1.54, 1.807) is 5.01 Å². The molecule has 142 valence electrons. The fourth-order valence-electron chi connectivity index (χ4n) is 3.30. The molecule has 0 radical (unpaired) electrons. The topological polar surface area (TPSA) is 161 Å². The number of fused-ring (bicyclic) bond motifs is 1. The average molecular weight is 368 g/mol. The van der Waals surface area contributed by atoms with Crippen molar-refractivity contribution in [1.82, 2.24) is 19.2 Å². The number of aliphatic hydroxyl groups is 3. The molecule has 0 unspecified atom stereocenters. The molecule has 26 heavy (non-hydrogen) atoms. The van der Waals surface area contributed by atoms with Crippen LogP contribution in [0.25, 0.3) is 11.2 Å². The number of nitrogens with zero attached hydrogens (tertiary/aromatic N) is 5. The Bertz CT molecular complexity index is 861. The molecule has 4 rings (SSSR count). The number of nitrogen functional groups attached to an aromatic ring is 1. The maximum atomic E-state index is 12.8. The summed E-state index contributed by atoms with van der Waals surface area (Å²) in [6, 6.07) is 0. The maximum absolute atomic E-state index is 12.8. The second kappa shape index (κ2) is 6.48. The fourth-order valence-corrected chi connectivity index (χ4v) is 3.30. The number of aliphatic hydroxyl groups excluding tert-OH is 3. The SMILES string of the molecule is Nc1nc2c(ncn2[C@@H]2O[C@H](CO)[C@@H](O)[C@H]2O)c(=O)n1N1CCOCC1. The first-order valence-electron chi connectivity index (χ1n) is 8.23. The van der Waals surface area contributed by atoms with Crippen molar-refractivity contribution >= 4 is 17.1 Å². The molecule has 4 heterocycles. The van der Waals surface area contributed by atoms with Crippen LogP contribution in [0.1, 0.15) is 6.23 Å². The highest BCUT2D eigenvalue weighted by atomic mass is 16.6. The molecule has 2 aliphatic rings. The Kier molecular flexibility index (Phi) is 4.28. The normalized spacial score (nSPS) is 29.6. The highest BCUT2D eigenvalue weighted by Gasteiger charge is 2.44. The number of imidazole rings is 1. The molecule has 0 spiro atoms. The van der Waals surface area contributed by atoms with Crippen molar-refractivity contribution in [2.24, 2.45) is 0 Å². The van der Waals surface area contributed by atoms with E-state index in [1.807, 2.05) is 0 Å². The molecule has 2 aliphatic heterocycles. The molecule has 5 N–H and O–H groups in total. The van der Waals surface area contributed by atoms with Crippen LogP contribution in [0.2, 0.25) is 0 Å². The summed E-state index contributed by atoms with van der Waals surface area (Å²) in [4.78, 5) is 21.2. The van der Waals surface area contributed by atoms with E-state index in [1.165, 1.54) is 15.6 Å². The van der Waals surface area contributed by atoms with Crippen LogP contribution in [-0.4, -0.2) is 85.8 Å². The Morgan fingerprint density at radius 2 is 2.00 bits per heavy atom. The maximum Gasteiger partial charge on any atom is 0.301 e. The van der Waals surface area contributed by atoms with Crippen LogP contribution in [0.5, 0.6) is 0 Å². The monoisotopic (exact) mass is 368 g/mol. The van der Waals surface area contributed by atoms with Gasteiger partial charge in [0, 0.05) is 0 Å². The van der Waals surface area contributed by atoms with Gasteiger partial charge in [0.15, 0.2) is 17.4 Å². The number of hydrogen-bond donors (Lipinski definition) is 4. The van der Waals surface area contributed by atoms with Gasteiger partial charge in [-0.15, -0.1) is 0 Å². The molecule has 2 saturated heterocycles. The third kappa shape index (κ3) is 2.54. The minimum Gasteiger partial charge on any atom is -0.394 e. The van der Waals surface area contributed by atoms with Gasteiger partial charge in [0.05, 0.1) is 39.2 Å². The van der Waals surface area contributed by atoms with E-state index in [0.717, 1.165) is 0 Å². The Balaban J connectivity index is 1.77. The molecule has 0 bridgehead atoms. The molecule has 0 aliphatic carbocycles. The molecule has 0 aromatic carbocycles. The summed E-state index contributed by atoms with van der Waals surface area (Å²) in [7, 11) is 0. The lowest BCUT2D eigenvalue weighted by atomic mass is 10.1. The Morgan fingerprint density at radius 3 is 2.65 bits per heavy atom. The molecule has 4 atom stereocenters. The van der Waals surface area contributed by atoms with Crippen LogP contribution in [0.3, 0.4) is 0 Å². The zero-order chi connectivity index (χ0) is 18.4. The number of anilines is 1. The highest BCUT2D eigenvalue weighted by molar-refractivity contribution is 5.71. The first-order chi connectivity index (χ1) is 12.5. The number of hydrogen-bond acceptors (Lipinski definition) is 10. The van der Waals surface area contributed by atoms with Gasteiger partial charge in [-0.25, -0.2) is 4.98 Å². The van der Waals surface area contributed by atoms with E-state index in [4.69, 9.17) is 15.2 Å². The van der Waals surface area contributed by atoms with Crippen molar-refractivity contribution in [3.8, 4) is 0 Å². The van der Waals surface area contributed by atoms with Gasteiger partial charge in [-0.3, -0.25) is 9.36 Å². The van der Waals surface area contributed by atoms with Crippen molar-refractivity contribution in [3.63, 3.8) is 0 Å². The van der Waals surface area contributed by atoms with Crippen molar-refractivity contribution in [2.45, 2.75) is 24.5 Å². The zero-order valence-electron chi connectivity index (χ0n) is 13.8. The lowest BCUT2D eigenvalue weighted by Crippen LogP contribution is -2.50. The number of ether oxygens (including phenoxy) is 2.